The minimum Gasteiger partial charge on any atom is -0.267 e. The van der Waals surface area contributed by atoms with E-state index in [9.17, 15) is 4.79 Å². The molecule has 108 valence electrons. The molecule has 1 aromatic heterocycles. The van der Waals surface area contributed by atoms with Gasteiger partial charge in [0.05, 0.1) is 5.69 Å². The van der Waals surface area contributed by atoms with E-state index in [-0.39, 0.29) is 5.91 Å². The smallest absolute Gasteiger partial charge is 0.267 e. The number of tetrazole rings is 1. The predicted molar refractivity (Wildman–Crippen MR) is 77.1 cm³/mol. The lowest BCUT2D eigenvalue weighted by molar-refractivity contribution is 0.0954. The molecule has 0 saturated heterocycles. The van der Waals surface area contributed by atoms with Gasteiger partial charge in [0.15, 0.2) is 0 Å². The van der Waals surface area contributed by atoms with Crippen molar-refractivity contribution in [2.75, 3.05) is 0 Å². The first kappa shape index (κ1) is 13.4. The van der Waals surface area contributed by atoms with E-state index in [1.165, 1.54) is 17.4 Å². The Morgan fingerprint density at radius 2 is 1.90 bits per heavy atom. The lowest BCUT2D eigenvalue weighted by Crippen LogP contribution is -2.20. The summed E-state index contributed by atoms with van der Waals surface area (Å²) in [7, 11) is 0. The monoisotopic (exact) mass is 284 g/mol. The van der Waals surface area contributed by atoms with Crippen molar-refractivity contribution in [1.29, 1.82) is 0 Å². The molecule has 1 aliphatic carbocycles. The van der Waals surface area contributed by atoms with Gasteiger partial charge in [0.25, 0.3) is 5.91 Å². The molecule has 1 aliphatic rings. The van der Waals surface area contributed by atoms with Gasteiger partial charge in [-0.1, -0.05) is 6.42 Å². The van der Waals surface area contributed by atoms with Crippen LogP contribution in [0.4, 0.5) is 0 Å². The van der Waals surface area contributed by atoms with Crippen LogP contribution in [0, 0.1) is 0 Å². The summed E-state index contributed by atoms with van der Waals surface area (Å²) in [6, 6.07) is 7.04. The third-order valence-electron chi connectivity index (χ3n) is 3.49. The van der Waals surface area contributed by atoms with Gasteiger partial charge in [-0.2, -0.15) is 5.10 Å². The Morgan fingerprint density at radius 1 is 1.14 bits per heavy atom. The number of aromatic nitrogens is 4. The summed E-state index contributed by atoms with van der Waals surface area (Å²) in [5.74, 6) is -0.198. The van der Waals surface area contributed by atoms with Gasteiger partial charge in [-0.3, -0.25) is 4.79 Å². The summed E-state index contributed by atoms with van der Waals surface area (Å²) < 4.78 is 1.53. The number of nitrogens with zero attached hydrogens (tertiary/aromatic N) is 5. The van der Waals surface area contributed by atoms with Crippen molar-refractivity contribution in [1.82, 2.24) is 25.6 Å². The van der Waals surface area contributed by atoms with E-state index in [1.54, 1.807) is 24.3 Å². The lowest BCUT2D eigenvalue weighted by Gasteiger charge is -2.12. The van der Waals surface area contributed by atoms with Crippen LogP contribution in [0.15, 0.2) is 35.7 Å². The number of benzene rings is 1. The zero-order valence-electron chi connectivity index (χ0n) is 11.6. The van der Waals surface area contributed by atoms with Crippen LogP contribution in [0.1, 0.15) is 42.5 Å². The van der Waals surface area contributed by atoms with Gasteiger partial charge in [-0.05, 0) is 60.4 Å². The third kappa shape index (κ3) is 3.31. The fourth-order valence-electron chi connectivity index (χ4n) is 2.31. The van der Waals surface area contributed by atoms with Crippen molar-refractivity contribution >= 4 is 11.6 Å². The lowest BCUT2D eigenvalue weighted by atomic mass is 9.99. The minimum atomic E-state index is -0.198. The van der Waals surface area contributed by atoms with Crippen molar-refractivity contribution in [2.24, 2.45) is 5.10 Å². The van der Waals surface area contributed by atoms with Gasteiger partial charge >= 0.3 is 0 Å². The Morgan fingerprint density at radius 3 is 2.57 bits per heavy atom. The van der Waals surface area contributed by atoms with Gasteiger partial charge < -0.3 is 0 Å². The molecule has 2 aromatic rings. The number of hydrogen-bond acceptors (Lipinski definition) is 5. The van der Waals surface area contributed by atoms with Gasteiger partial charge in [0.1, 0.15) is 6.33 Å². The molecule has 1 saturated carbocycles. The maximum absolute atomic E-state index is 12.0. The van der Waals surface area contributed by atoms with Crippen LogP contribution in [0.2, 0.25) is 0 Å². The summed E-state index contributed by atoms with van der Waals surface area (Å²) in [6.45, 7) is 0. The normalized spacial score (nSPS) is 14.8. The number of nitrogens with one attached hydrogen (secondary N) is 1. The molecular formula is C14H16N6O. The predicted octanol–water partition coefficient (Wildman–Crippen LogP) is 1.71. The van der Waals surface area contributed by atoms with E-state index < -0.39 is 0 Å². The molecule has 0 spiro atoms. The topological polar surface area (TPSA) is 85.1 Å². The Balaban J connectivity index is 1.65. The summed E-state index contributed by atoms with van der Waals surface area (Å²) in [4.78, 5) is 12.0. The standard InChI is InChI=1S/C14H16N6O/c21-14(17-16-12-4-2-1-3-5-12)11-6-8-13(9-7-11)20-10-15-18-19-20/h6-10H,1-5H2,(H,17,21). The first-order valence-corrected chi connectivity index (χ1v) is 7.02. The summed E-state index contributed by atoms with van der Waals surface area (Å²) >= 11 is 0. The molecule has 3 rings (SSSR count). The van der Waals surface area contributed by atoms with E-state index in [0.29, 0.717) is 5.56 Å². The van der Waals surface area contributed by atoms with Crippen LogP contribution in [-0.4, -0.2) is 31.8 Å². The first-order valence-electron chi connectivity index (χ1n) is 7.02. The van der Waals surface area contributed by atoms with Gasteiger partial charge in [-0.15, -0.1) is 5.10 Å². The van der Waals surface area contributed by atoms with Crippen molar-refractivity contribution in [2.45, 2.75) is 32.1 Å². The SMILES string of the molecule is O=C(NN=C1CCCCC1)c1ccc(-n2cnnn2)cc1. The molecule has 7 nitrogen and oxygen atoms in total. The number of rotatable bonds is 3. The van der Waals surface area contributed by atoms with Crippen LogP contribution >= 0.6 is 0 Å². The third-order valence-corrected chi connectivity index (χ3v) is 3.49. The van der Waals surface area contributed by atoms with Crippen LogP contribution in [0.5, 0.6) is 0 Å². The van der Waals surface area contributed by atoms with E-state index in [1.807, 2.05) is 0 Å². The number of carbonyl (C=O) groups is 1. The average molecular weight is 284 g/mol. The highest BCUT2D eigenvalue weighted by Crippen LogP contribution is 2.14. The van der Waals surface area contributed by atoms with Crippen LogP contribution in [0.25, 0.3) is 5.69 Å². The number of hydrazone groups is 1. The summed E-state index contributed by atoms with van der Waals surface area (Å²) in [6.07, 6.45) is 7.05. The Bertz CT molecular complexity index is 624. The average Bonchev–Trinajstić information content (AvgIpc) is 3.08. The summed E-state index contributed by atoms with van der Waals surface area (Å²) in [5.41, 5.74) is 5.07. The number of hydrogen-bond donors (Lipinski definition) is 1. The first-order chi connectivity index (χ1) is 10.3. The second-order valence-electron chi connectivity index (χ2n) is 4.98. The van der Waals surface area contributed by atoms with Crippen LogP contribution in [-0.2, 0) is 0 Å². The molecule has 21 heavy (non-hydrogen) atoms. The molecule has 1 heterocycles. The molecule has 0 aliphatic heterocycles. The molecule has 1 N–H and O–H groups in total. The van der Waals surface area contributed by atoms with Crippen LogP contribution < -0.4 is 5.43 Å². The van der Waals surface area contributed by atoms with E-state index >= 15 is 0 Å². The van der Waals surface area contributed by atoms with Crippen molar-refractivity contribution < 1.29 is 4.79 Å². The van der Waals surface area contributed by atoms with Crippen molar-refractivity contribution in [3.63, 3.8) is 0 Å². The Labute approximate surface area is 122 Å². The maximum atomic E-state index is 12.0. The van der Waals surface area contributed by atoms with Crippen molar-refractivity contribution in [3.05, 3.63) is 36.2 Å². The largest absolute Gasteiger partial charge is 0.271 e. The molecule has 0 radical (unpaired) electrons. The van der Waals surface area contributed by atoms with E-state index in [0.717, 1.165) is 37.1 Å². The van der Waals surface area contributed by atoms with Gasteiger partial charge in [-0.25, -0.2) is 10.1 Å². The second kappa shape index (κ2) is 6.25. The zero-order valence-corrected chi connectivity index (χ0v) is 11.6. The highest BCUT2D eigenvalue weighted by atomic mass is 16.2. The highest BCUT2D eigenvalue weighted by Gasteiger charge is 2.09. The molecule has 7 heteroatoms. The van der Waals surface area contributed by atoms with Crippen LogP contribution in [0.3, 0.4) is 0 Å². The fraction of sp³-hybridized carbons (Fsp3) is 0.357. The molecule has 0 unspecified atom stereocenters. The summed E-state index contributed by atoms with van der Waals surface area (Å²) in [5, 5.41) is 15.1. The van der Waals surface area contributed by atoms with E-state index in [2.05, 4.69) is 26.1 Å². The maximum Gasteiger partial charge on any atom is 0.271 e. The zero-order chi connectivity index (χ0) is 14.5. The Kier molecular flexibility index (Phi) is 3.99. The molecule has 1 amide bonds. The minimum absolute atomic E-state index is 0.198. The molecular weight excluding hydrogens is 268 g/mol. The second-order valence-corrected chi connectivity index (χ2v) is 4.98. The molecule has 0 bridgehead atoms. The number of carbonyl (C=O) groups excluding carboxylic acids is 1. The fourth-order valence-corrected chi connectivity index (χ4v) is 2.31. The van der Waals surface area contributed by atoms with E-state index in [4.69, 9.17) is 0 Å². The quantitative estimate of drug-likeness (QED) is 0.869. The number of amides is 1. The molecule has 1 aromatic carbocycles. The van der Waals surface area contributed by atoms with Gasteiger partial charge in [0, 0.05) is 11.3 Å². The Hall–Kier alpha value is -2.57. The van der Waals surface area contributed by atoms with Gasteiger partial charge in [0.2, 0.25) is 0 Å². The molecule has 1 fully saturated rings. The van der Waals surface area contributed by atoms with Crippen molar-refractivity contribution in [3.8, 4) is 5.69 Å². The highest BCUT2D eigenvalue weighted by molar-refractivity contribution is 5.95. The molecule has 0 atom stereocenters.